The van der Waals surface area contributed by atoms with Crippen molar-refractivity contribution in [3.05, 3.63) is 63.2 Å². The van der Waals surface area contributed by atoms with E-state index >= 15 is 0 Å². The molecule has 0 aliphatic heterocycles. The maximum absolute atomic E-state index is 14.2. The Kier molecular flexibility index (Phi) is 16.0. The minimum atomic E-state index is -1.80. The molecule has 0 aliphatic carbocycles. The fourth-order valence-corrected chi connectivity index (χ4v) is 3.09. The van der Waals surface area contributed by atoms with Crippen molar-refractivity contribution in [3.8, 4) is 0 Å². The first-order valence-corrected chi connectivity index (χ1v) is 10.1. The quantitative estimate of drug-likeness (QED) is 0.345. The van der Waals surface area contributed by atoms with E-state index in [1.807, 2.05) is 0 Å². The number of H-pyrrole nitrogens is 1. The number of ketones is 2. The van der Waals surface area contributed by atoms with E-state index in [0.717, 1.165) is 6.92 Å². The number of carbonyl (C=O) groups excluding carboxylic acids is 3. The van der Waals surface area contributed by atoms with E-state index < -0.39 is 36.1 Å². The molecule has 0 saturated heterocycles. The normalized spacial score (nSPS) is 11.7. The molecule has 3 aromatic rings. The molecule has 10 nitrogen and oxygen atoms in total. The van der Waals surface area contributed by atoms with Crippen LogP contribution in [-0.2, 0) is 114 Å². The molecule has 1 aromatic carbocycles. The summed E-state index contributed by atoms with van der Waals surface area (Å²) in [5, 5.41) is 6.70. The monoisotopic (exact) mass is 719 g/mol. The molecule has 14 heteroatoms. The van der Waals surface area contributed by atoms with Crippen LogP contribution in [0.3, 0.4) is 0 Å². The summed E-state index contributed by atoms with van der Waals surface area (Å²) in [5.74, 6) is -1.19. The van der Waals surface area contributed by atoms with Gasteiger partial charge in [-0.25, -0.2) is 19.3 Å². The Bertz CT molecular complexity index is 1270. The first-order chi connectivity index (χ1) is 15.6. The molecule has 2 heterocycles. The number of aromatic nitrogens is 4. The molecule has 2 N–H and O–H groups in total. The number of amides is 1. The van der Waals surface area contributed by atoms with Gasteiger partial charge >= 0.3 is 0 Å². The molecule has 36 heavy (non-hydrogen) atoms. The van der Waals surface area contributed by atoms with Gasteiger partial charge in [0, 0.05) is 122 Å². The molecule has 1 unspecified atom stereocenters. The minimum Gasteiger partial charge on any atom is -0.679 e. The molecule has 1 amide bonds. The van der Waals surface area contributed by atoms with Crippen molar-refractivity contribution in [2.75, 3.05) is 0 Å². The third-order valence-electron chi connectivity index (χ3n) is 4.71. The molecule has 0 spiro atoms. The maximum atomic E-state index is 14.2. The number of fused-ring (bicyclic) bond motifs is 1. The number of hydrogen-bond acceptors (Lipinski definition) is 7. The number of aryl methyl sites for hydroxylation is 1. The van der Waals surface area contributed by atoms with Gasteiger partial charge in [-0.3, -0.25) is 19.2 Å². The smallest absolute Gasteiger partial charge is 0.279 e. The molecule has 2 aromatic heterocycles. The topological polar surface area (TPSA) is 149 Å². The minimum absolute atomic E-state index is 0. The van der Waals surface area contributed by atoms with Crippen LogP contribution in [0.5, 0.6) is 0 Å². The molecule has 3 rings (SSSR count). The third kappa shape index (κ3) is 9.87. The van der Waals surface area contributed by atoms with Gasteiger partial charge in [-0.05, 0) is 20.8 Å². The van der Waals surface area contributed by atoms with Crippen molar-refractivity contribution in [1.29, 1.82) is 0 Å². The maximum Gasteiger partial charge on any atom is 0.279 e. The second kappa shape index (κ2) is 16.3. The number of nitrogens with one attached hydrogen (secondary N) is 2. The van der Waals surface area contributed by atoms with Gasteiger partial charge in [0.1, 0.15) is 23.8 Å². The summed E-state index contributed by atoms with van der Waals surface area (Å²) < 4.78 is 14.2. The van der Waals surface area contributed by atoms with Gasteiger partial charge in [0.2, 0.25) is 0 Å². The first-order valence-electron chi connectivity index (χ1n) is 10.1. The van der Waals surface area contributed by atoms with Crippen molar-refractivity contribution in [1.82, 2.24) is 25.3 Å². The van der Waals surface area contributed by atoms with Gasteiger partial charge in [0.15, 0.2) is 16.9 Å². The van der Waals surface area contributed by atoms with E-state index in [2.05, 4.69) is 30.6 Å². The summed E-state index contributed by atoms with van der Waals surface area (Å²) in [6, 6.07) is 4.71. The molecule has 0 saturated carbocycles. The predicted molar refractivity (Wildman–Crippen MR) is 118 cm³/mol. The summed E-state index contributed by atoms with van der Waals surface area (Å²) >= 11 is 0. The Labute approximate surface area is 282 Å². The van der Waals surface area contributed by atoms with Crippen molar-refractivity contribution in [2.45, 2.75) is 46.0 Å². The molecular formula is C22H22FN6O4Y3-. The van der Waals surface area contributed by atoms with E-state index in [0.29, 0.717) is 17.2 Å². The van der Waals surface area contributed by atoms with E-state index in [9.17, 15) is 23.6 Å². The third-order valence-corrected chi connectivity index (χ3v) is 4.71. The van der Waals surface area contributed by atoms with Crippen LogP contribution < -0.4 is 10.9 Å². The van der Waals surface area contributed by atoms with Gasteiger partial charge in [0.25, 0.3) is 11.5 Å². The van der Waals surface area contributed by atoms with E-state index in [1.54, 1.807) is 19.1 Å². The van der Waals surface area contributed by atoms with E-state index in [4.69, 9.17) is 0 Å². The van der Waals surface area contributed by atoms with Crippen molar-refractivity contribution in [3.63, 3.8) is 0 Å². The molecule has 0 aliphatic rings. The number of alkyl halides is 1. The predicted octanol–water partition coefficient (Wildman–Crippen LogP) is 2.22. The molecule has 0 bridgehead atoms. The molecule has 181 valence electrons. The average Bonchev–Trinajstić information content (AvgIpc) is 2.75. The number of hydrogen-bond donors (Lipinski definition) is 2. The second-order valence-electron chi connectivity index (χ2n) is 7.53. The zero-order valence-corrected chi connectivity index (χ0v) is 28.5. The summed E-state index contributed by atoms with van der Waals surface area (Å²) in [5.41, 5.74) is 1.18. The van der Waals surface area contributed by atoms with Crippen molar-refractivity contribution < 1.29 is 117 Å². The van der Waals surface area contributed by atoms with Crippen LogP contribution in [0.4, 0.5) is 10.1 Å². The number of benzene rings is 1. The number of rotatable bonds is 9. The number of carbonyl (C=O) groups is 3. The van der Waals surface area contributed by atoms with Crippen LogP contribution in [0, 0.1) is 6.92 Å². The van der Waals surface area contributed by atoms with Crippen LogP contribution in [0.15, 0.2) is 35.3 Å². The Balaban J connectivity index is 0.00000408. The van der Waals surface area contributed by atoms with Gasteiger partial charge < -0.3 is 15.6 Å². The largest absolute Gasteiger partial charge is 0.679 e. The van der Waals surface area contributed by atoms with E-state index in [1.165, 1.54) is 25.3 Å². The molecule has 3 radical (unpaired) electrons. The Morgan fingerprint density at radius 3 is 2.31 bits per heavy atom. The van der Waals surface area contributed by atoms with E-state index in [-0.39, 0.29) is 127 Å². The Hall–Kier alpha value is -0.708. The summed E-state index contributed by atoms with van der Waals surface area (Å²) in [6.45, 7) is 4.16. The zero-order chi connectivity index (χ0) is 24.1. The number of Topliss-reactive ketones (excluding diaryl/α,β-unsaturated/α-hetero) is 2. The van der Waals surface area contributed by atoms with Crippen LogP contribution in [0.25, 0.3) is 16.5 Å². The fraction of sp³-hybridized carbons (Fsp3) is 0.318. The average molecular weight is 719 g/mol. The van der Waals surface area contributed by atoms with Crippen LogP contribution in [0.1, 0.15) is 42.1 Å². The van der Waals surface area contributed by atoms with Gasteiger partial charge in [-0.2, -0.15) is 0 Å². The van der Waals surface area contributed by atoms with Gasteiger partial charge in [-0.15, -0.1) is 5.69 Å². The summed E-state index contributed by atoms with van der Waals surface area (Å²) in [6.07, 6.45) is -0.773. The summed E-state index contributed by atoms with van der Waals surface area (Å²) in [4.78, 5) is 62.3. The number of aromatic amines is 1. The molecule has 2 atom stereocenters. The SMILES string of the molecule is CC(=O)CC([18F])[C@H](NC(=O)c1ccc([N-]Cc2cnc3nc(C)[nH]c(=O)c3n2)cc1)C(C)=O.[Y].[Y].[Y]. The number of nitrogens with zero attached hydrogens (tertiary/aromatic N) is 4. The zero-order valence-electron chi connectivity index (χ0n) is 20.0. The fourth-order valence-electron chi connectivity index (χ4n) is 3.09. The van der Waals surface area contributed by atoms with Crippen molar-refractivity contribution in [2.24, 2.45) is 0 Å². The summed E-state index contributed by atoms with van der Waals surface area (Å²) in [7, 11) is 0. The second-order valence-corrected chi connectivity index (χ2v) is 7.53. The first kappa shape index (κ1) is 35.3. The van der Waals surface area contributed by atoms with Gasteiger partial charge in [0.05, 0.1) is 0 Å². The number of halogens is 1. The molecular weight excluding hydrogens is 697 g/mol. The Morgan fingerprint density at radius 1 is 1.08 bits per heavy atom. The van der Waals surface area contributed by atoms with Crippen molar-refractivity contribution >= 4 is 34.3 Å². The van der Waals surface area contributed by atoms with Crippen LogP contribution in [-0.4, -0.2) is 49.6 Å². The standard InChI is InChI=1S/C22H23FN6O4.3Y/c1-11(30)8-17(23)18(12(2)31)29-21(32)14-4-6-15(7-5-14)24-9-16-10-25-20-19(28-16)22(33)27-13(3)26-20;;;/h4-7,10,17-18H,8-9H2,1-3H3,(H3,24,25,26,27,29,32,33);;;/p-1/t17?,18-;;;/m1.../s1/i23-1;;;. The molecule has 0 fully saturated rings. The Morgan fingerprint density at radius 2 is 1.72 bits per heavy atom. The van der Waals surface area contributed by atoms with Gasteiger partial charge in [-0.1, -0.05) is 30.8 Å². The van der Waals surface area contributed by atoms with Crippen LogP contribution in [0.2, 0.25) is 0 Å². The van der Waals surface area contributed by atoms with Crippen LogP contribution >= 0.6 is 0 Å².